The predicted molar refractivity (Wildman–Crippen MR) is 75.1 cm³/mol. The zero-order valence-electron chi connectivity index (χ0n) is 11.4. The van der Waals surface area contributed by atoms with Gasteiger partial charge < -0.3 is 10.1 Å². The molecular weight excluding hydrogens is 248 g/mol. The van der Waals surface area contributed by atoms with E-state index in [0.29, 0.717) is 12.6 Å². The molecule has 1 aromatic heterocycles. The van der Waals surface area contributed by atoms with Crippen LogP contribution in [0.3, 0.4) is 0 Å². The molecule has 1 N–H and O–H groups in total. The first kappa shape index (κ1) is 15.0. The Hall–Kier alpha value is -1.10. The quantitative estimate of drug-likeness (QED) is 0.737. The molecule has 0 saturated carbocycles. The first-order chi connectivity index (χ1) is 8.65. The Kier molecular flexibility index (Phi) is 6.72. The molecule has 4 nitrogen and oxygen atoms in total. The first-order valence-electron chi connectivity index (χ1n) is 6.52. The highest BCUT2D eigenvalue weighted by atomic mass is 32.1. The van der Waals surface area contributed by atoms with Crippen molar-refractivity contribution in [1.82, 2.24) is 4.98 Å². The number of esters is 1. The number of hydrogen-bond donors (Lipinski definition) is 1. The lowest BCUT2D eigenvalue weighted by atomic mass is 10.1. The Balaban J connectivity index is 2.40. The second kappa shape index (κ2) is 8.08. The molecule has 0 amide bonds. The molecule has 0 saturated heterocycles. The lowest BCUT2D eigenvalue weighted by molar-refractivity contribution is -0.142. The molecule has 1 atom stereocenters. The summed E-state index contributed by atoms with van der Waals surface area (Å²) in [6.45, 7) is 6.57. The fourth-order valence-corrected chi connectivity index (χ4v) is 2.43. The van der Waals surface area contributed by atoms with Crippen LogP contribution in [0.4, 0.5) is 5.13 Å². The Bertz CT molecular complexity index is 366. The van der Waals surface area contributed by atoms with Crippen LogP contribution in [-0.4, -0.2) is 23.6 Å². The monoisotopic (exact) mass is 270 g/mol. The van der Waals surface area contributed by atoms with Crippen LogP contribution >= 0.6 is 11.3 Å². The van der Waals surface area contributed by atoms with E-state index < -0.39 is 0 Å². The predicted octanol–water partition coefficient (Wildman–Crippen LogP) is 3.24. The molecule has 1 rings (SSSR count). The van der Waals surface area contributed by atoms with Crippen LogP contribution in [0.15, 0.2) is 5.38 Å². The minimum absolute atomic E-state index is 0.214. The van der Waals surface area contributed by atoms with E-state index in [1.165, 1.54) is 12.8 Å². The van der Waals surface area contributed by atoms with E-state index in [-0.39, 0.29) is 12.4 Å². The first-order valence-corrected chi connectivity index (χ1v) is 7.40. The van der Waals surface area contributed by atoms with Crippen molar-refractivity contribution in [3.8, 4) is 0 Å². The molecule has 18 heavy (non-hydrogen) atoms. The maximum Gasteiger partial charge on any atom is 0.311 e. The molecule has 0 aliphatic rings. The Morgan fingerprint density at radius 1 is 1.56 bits per heavy atom. The molecule has 0 fully saturated rings. The van der Waals surface area contributed by atoms with E-state index in [1.807, 2.05) is 5.38 Å². The van der Waals surface area contributed by atoms with Crippen molar-refractivity contribution in [2.75, 3.05) is 11.9 Å². The summed E-state index contributed by atoms with van der Waals surface area (Å²) in [5, 5.41) is 6.15. The van der Waals surface area contributed by atoms with Gasteiger partial charge in [-0.05, 0) is 20.3 Å². The molecule has 0 aliphatic heterocycles. The molecule has 0 aliphatic carbocycles. The van der Waals surface area contributed by atoms with Crippen molar-refractivity contribution in [2.45, 2.75) is 52.5 Å². The molecule has 0 radical (unpaired) electrons. The van der Waals surface area contributed by atoms with Gasteiger partial charge in [0.25, 0.3) is 0 Å². The smallest absolute Gasteiger partial charge is 0.311 e. The van der Waals surface area contributed by atoms with Gasteiger partial charge in [0, 0.05) is 11.4 Å². The summed E-state index contributed by atoms with van der Waals surface area (Å²) in [6, 6.07) is 0.423. The van der Waals surface area contributed by atoms with Gasteiger partial charge in [0.05, 0.1) is 18.7 Å². The van der Waals surface area contributed by atoms with Gasteiger partial charge in [0.1, 0.15) is 0 Å². The van der Waals surface area contributed by atoms with Crippen LogP contribution in [0.1, 0.15) is 45.7 Å². The minimum atomic E-state index is -0.214. The molecule has 0 bridgehead atoms. The van der Waals surface area contributed by atoms with Gasteiger partial charge >= 0.3 is 5.97 Å². The fourth-order valence-electron chi connectivity index (χ4n) is 1.61. The number of nitrogens with zero attached hydrogens (tertiary/aromatic N) is 1. The van der Waals surface area contributed by atoms with Crippen LogP contribution in [0.25, 0.3) is 0 Å². The average molecular weight is 270 g/mol. The number of aromatic nitrogens is 1. The number of carbonyl (C=O) groups is 1. The molecule has 0 aromatic carbocycles. The second-order valence-corrected chi connectivity index (χ2v) is 5.17. The summed E-state index contributed by atoms with van der Waals surface area (Å²) < 4.78 is 4.89. The van der Waals surface area contributed by atoms with Crippen LogP contribution in [-0.2, 0) is 16.0 Å². The van der Waals surface area contributed by atoms with Gasteiger partial charge in [-0.1, -0.05) is 19.8 Å². The maximum absolute atomic E-state index is 11.3. The number of anilines is 1. The third-order valence-corrected chi connectivity index (χ3v) is 3.37. The summed E-state index contributed by atoms with van der Waals surface area (Å²) in [6.07, 6.45) is 3.83. The summed E-state index contributed by atoms with van der Waals surface area (Å²) in [5.41, 5.74) is 0.781. The Morgan fingerprint density at radius 2 is 2.33 bits per heavy atom. The lowest BCUT2D eigenvalue weighted by Crippen LogP contribution is -2.14. The fraction of sp³-hybridized carbons (Fsp3) is 0.692. The second-order valence-electron chi connectivity index (χ2n) is 4.31. The number of rotatable bonds is 8. The normalized spacial score (nSPS) is 12.2. The highest BCUT2D eigenvalue weighted by Crippen LogP contribution is 2.18. The van der Waals surface area contributed by atoms with Crippen LogP contribution in [0, 0.1) is 0 Å². The van der Waals surface area contributed by atoms with Crippen LogP contribution in [0.5, 0.6) is 0 Å². The third-order valence-electron chi connectivity index (χ3n) is 2.54. The highest BCUT2D eigenvalue weighted by molar-refractivity contribution is 7.13. The van der Waals surface area contributed by atoms with E-state index >= 15 is 0 Å². The summed E-state index contributed by atoms with van der Waals surface area (Å²) >= 11 is 1.54. The third kappa shape index (κ3) is 5.49. The number of unbranched alkanes of at least 4 members (excludes halogenated alkanes) is 1. The average Bonchev–Trinajstić information content (AvgIpc) is 2.74. The topological polar surface area (TPSA) is 51.2 Å². The summed E-state index contributed by atoms with van der Waals surface area (Å²) in [5.74, 6) is -0.214. The van der Waals surface area contributed by atoms with Gasteiger partial charge in [0.15, 0.2) is 5.13 Å². The van der Waals surface area contributed by atoms with Gasteiger partial charge in [-0.25, -0.2) is 4.98 Å². The molecule has 0 spiro atoms. The standard InChI is InChI=1S/C13H22N2O2S/c1-4-6-7-10(3)14-13-15-11(9-18-13)8-12(16)17-5-2/h9-10H,4-8H2,1-3H3,(H,14,15). The Morgan fingerprint density at radius 3 is 3.00 bits per heavy atom. The number of ether oxygens (including phenoxy) is 1. The van der Waals surface area contributed by atoms with Crippen LogP contribution < -0.4 is 5.32 Å². The van der Waals surface area contributed by atoms with E-state index in [9.17, 15) is 4.79 Å². The van der Waals surface area contributed by atoms with Gasteiger partial charge in [0.2, 0.25) is 0 Å². The molecule has 1 unspecified atom stereocenters. The molecular formula is C13H22N2O2S. The molecule has 1 heterocycles. The van der Waals surface area contributed by atoms with Gasteiger partial charge in [-0.3, -0.25) is 4.79 Å². The largest absolute Gasteiger partial charge is 0.466 e. The molecule has 102 valence electrons. The van der Waals surface area contributed by atoms with E-state index in [4.69, 9.17) is 4.74 Å². The van der Waals surface area contributed by atoms with Crippen LogP contribution in [0.2, 0.25) is 0 Å². The maximum atomic E-state index is 11.3. The van der Waals surface area contributed by atoms with E-state index in [1.54, 1.807) is 18.3 Å². The summed E-state index contributed by atoms with van der Waals surface area (Å²) in [4.78, 5) is 15.7. The van der Waals surface area contributed by atoms with Gasteiger partial charge in [-0.15, -0.1) is 11.3 Å². The zero-order chi connectivity index (χ0) is 13.4. The van der Waals surface area contributed by atoms with Crippen molar-refractivity contribution in [3.05, 3.63) is 11.1 Å². The molecule has 1 aromatic rings. The highest BCUT2D eigenvalue weighted by Gasteiger charge is 2.09. The number of hydrogen-bond acceptors (Lipinski definition) is 5. The Labute approximate surface area is 113 Å². The zero-order valence-corrected chi connectivity index (χ0v) is 12.2. The SMILES string of the molecule is CCCCC(C)Nc1nc(CC(=O)OCC)cs1. The number of carbonyl (C=O) groups excluding carboxylic acids is 1. The number of nitrogens with one attached hydrogen (secondary N) is 1. The number of thiazole rings is 1. The lowest BCUT2D eigenvalue weighted by Gasteiger charge is -2.11. The van der Waals surface area contributed by atoms with Crippen molar-refractivity contribution >= 4 is 22.4 Å². The van der Waals surface area contributed by atoms with Crippen molar-refractivity contribution < 1.29 is 9.53 Å². The molecule has 5 heteroatoms. The van der Waals surface area contributed by atoms with Crippen molar-refractivity contribution in [2.24, 2.45) is 0 Å². The van der Waals surface area contributed by atoms with E-state index in [2.05, 4.69) is 24.1 Å². The van der Waals surface area contributed by atoms with Crippen molar-refractivity contribution in [3.63, 3.8) is 0 Å². The minimum Gasteiger partial charge on any atom is -0.466 e. The summed E-state index contributed by atoms with van der Waals surface area (Å²) in [7, 11) is 0. The van der Waals surface area contributed by atoms with Crippen molar-refractivity contribution in [1.29, 1.82) is 0 Å². The van der Waals surface area contributed by atoms with E-state index in [0.717, 1.165) is 17.2 Å². The van der Waals surface area contributed by atoms with Gasteiger partial charge in [-0.2, -0.15) is 0 Å².